The second kappa shape index (κ2) is 10.2. The molecule has 0 radical (unpaired) electrons. The molecule has 3 rings (SSSR count). The van der Waals surface area contributed by atoms with Crippen LogP contribution in [0.5, 0.6) is 0 Å². The molecule has 2 aromatic rings. The van der Waals surface area contributed by atoms with Gasteiger partial charge in [-0.05, 0) is 42.3 Å². The zero-order valence-corrected chi connectivity index (χ0v) is 18.9. The average molecular weight is 483 g/mol. The lowest BCUT2D eigenvalue weighted by atomic mass is 10.1. The second-order valence-corrected chi connectivity index (χ2v) is 8.66. The lowest BCUT2D eigenvalue weighted by Crippen LogP contribution is -2.36. The van der Waals surface area contributed by atoms with Crippen LogP contribution in [0.15, 0.2) is 65.1 Å². The van der Waals surface area contributed by atoms with Gasteiger partial charge in [-0.15, -0.1) is 0 Å². The number of thioether (sulfide) groups is 1. The van der Waals surface area contributed by atoms with E-state index in [4.69, 9.17) is 17.3 Å². The Morgan fingerprint density at radius 2 is 1.79 bits per heavy atom. The summed E-state index contributed by atoms with van der Waals surface area (Å²) in [6.07, 6.45) is 3.59. The van der Waals surface area contributed by atoms with E-state index >= 15 is 0 Å². The fraction of sp³-hybridized carbons (Fsp3) is 0.0870. The molecule has 0 aromatic heterocycles. The number of thiocarbonyl (C=S) groups is 1. The van der Waals surface area contributed by atoms with Crippen LogP contribution in [-0.4, -0.2) is 49.7 Å². The van der Waals surface area contributed by atoms with Crippen LogP contribution in [0, 0.1) is 0 Å². The van der Waals surface area contributed by atoms with Gasteiger partial charge in [-0.3, -0.25) is 14.5 Å². The predicted molar refractivity (Wildman–Crippen MR) is 129 cm³/mol. The summed E-state index contributed by atoms with van der Waals surface area (Å²) in [5, 5.41) is 20.8. The molecule has 1 aliphatic rings. The van der Waals surface area contributed by atoms with Crippen molar-refractivity contribution in [1.29, 1.82) is 0 Å². The maximum absolute atomic E-state index is 12.8. The maximum Gasteiger partial charge on any atom is 0.337 e. The summed E-state index contributed by atoms with van der Waals surface area (Å²) in [6, 6.07) is 12.8. The zero-order valence-electron chi connectivity index (χ0n) is 17.3. The van der Waals surface area contributed by atoms with Gasteiger partial charge < -0.3 is 15.5 Å². The number of carboxylic acids is 2. The summed E-state index contributed by atoms with van der Waals surface area (Å²) in [4.78, 5) is 49.4. The molecule has 33 heavy (non-hydrogen) atoms. The highest BCUT2D eigenvalue weighted by atomic mass is 32.2. The van der Waals surface area contributed by atoms with Crippen LogP contribution in [0.25, 0.3) is 6.08 Å². The van der Waals surface area contributed by atoms with Crippen molar-refractivity contribution in [3.63, 3.8) is 0 Å². The van der Waals surface area contributed by atoms with Crippen LogP contribution in [0.1, 0.15) is 33.2 Å². The molecule has 0 spiro atoms. The molecule has 1 heterocycles. The van der Waals surface area contributed by atoms with E-state index in [0.29, 0.717) is 4.91 Å². The Morgan fingerprint density at radius 3 is 2.42 bits per heavy atom. The normalized spacial score (nSPS) is 15.1. The van der Waals surface area contributed by atoms with Crippen molar-refractivity contribution in [3.8, 4) is 0 Å². The van der Waals surface area contributed by atoms with Crippen molar-refractivity contribution < 1.29 is 29.4 Å². The van der Waals surface area contributed by atoms with Gasteiger partial charge in [0.2, 0.25) is 5.91 Å². The average Bonchev–Trinajstić information content (AvgIpc) is 3.01. The van der Waals surface area contributed by atoms with E-state index in [2.05, 4.69) is 5.32 Å². The van der Waals surface area contributed by atoms with E-state index in [0.717, 1.165) is 46.0 Å². The van der Waals surface area contributed by atoms with Gasteiger partial charge in [-0.1, -0.05) is 60.4 Å². The summed E-state index contributed by atoms with van der Waals surface area (Å²) in [5.74, 6) is -3.77. The predicted octanol–water partition coefficient (Wildman–Crippen LogP) is 3.87. The lowest BCUT2D eigenvalue weighted by Gasteiger charge is -2.15. The van der Waals surface area contributed by atoms with Crippen LogP contribution < -0.4 is 5.32 Å². The number of nitrogens with one attached hydrogen (secondary N) is 1. The van der Waals surface area contributed by atoms with E-state index in [1.165, 1.54) is 0 Å². The fourth-order valence-electron chi connectivity index (χ4n) is 3.00. The molecule has 168 valence electrons. The van der Waals surface area contributed by atoms with Gasteiger partial charge in [-0.2, -0.15) is 0 Å². The SMILES string of the molecule is CC(/C=C1\SC(=S)N(CC(=O)Nc2cc(C(=O)O)ccc2C(=O)O)C1=O)=C\c1ccccc1. The Kier molecular flexibility index (Phi) is 7.41. The third-order valence-corrected chi connectivity index (χ3v) is 5.88. The molecule has 1 fully saturated rings. The number of carbonyl (C=O) groups is 4. The quantitative estimate of drug-likeness (QED) is 0.401. The topological polar surface area (TPSA) is 124 Å². The number of benzene rings is 2. The highest BCUT2D eigenvalue weighted by molar-refractivity contribution is 8.26. The lowest BCUT2D eigenvalue weighted by molar-refractivity contribution is -0.126. The molecular formula is C23H18N2O6S2. The van der Waals surface area contributed by atoms with E-state index < -0.39 is 30.3 Å². The van der Waals surface area contributed by atoms with Crippen molar-refractivity contribution in [1.82, 2.24) is 4.90 Å². The van der Waals surface area contributed by atoms with Crippen LogP contribution in [0.2, 0.25) is 0 Å². The van der Waals surface area contributed by atoms with Crippen LogP contribution in [0.3, 0.4) is 0 Å². The number of amides is 2. The Morgan fingerprint density at radius 1 is 1.09 bits per heavy atom. The van der Waals surface area contributed by atoms with E-state index in [-0.39, 0.29) is 21.1 Å². The smallest absolute Gasteiger partial charge is 0.337 e. The van der Waals surface area contributed by atoms with Crippen molar-refractivity contribution in [3.05, 3.63) is 81.8 Å². The largest absolute Gasteiger partial charge is 0.478 e. The Labute approximate surface area is 198 Å². The minimum atomic E-state index is -1.34. The van der Waals surface area contributed by atoms with Crippen LogP contribution >= 0.6 is 24.0 Å². The first kappa shape index (κ1) is 23.9. The first-order chi connectivity index (χ1) is 15.7. The molecule has 0 aliphatic carbocycles. The van der Waals surface area contributed by atoms with E-state index in [9.17, 15) is 24.3 Å². The monoisotopic (exact) mass is 482 g/mol. The molecule has 0 atom stereocenters. The number of nitrogens with zero attached hydrogens (tertiary/aromatic N) is 1. The maximum atomic E-state index is 12.8. The van der Waals surface area contributed by atoms with Gasteiger partial charge in [0.05, 0.1) is 21.7 Å². The fourth-order valence-corrected chi connectivity index (χ4v) is 4.30. The molecule has 1 aliphatic heterocycles. The summed E-state index contributed by atoms with van der Waals surface area (Å²) in [6.45, 7) is 1.40. The second-order valence-electron chi connectivity index (χ2n) is 6.99. The standard InChI is InChI=1S/C23H18N2O6S2/c1-13(9-14-5-3-2-4-6-14)10-18-20(27)25(23(32)33-18)12-19(26)24-17-11-15(21(28)29)7-8-16(17)22(30)31/h2-11H,12H2,1H3,(H,24,26)(H,28,29)(H,30,31)/b13-9+,18-10-. The minimum absolute atomic E-state index is 0.185. The molecule has 1 saturated heterocycles. The van der Waals surface area contributed by atoms with E-state index in [1.807, 2.05) is 43.3 Å². The summed E-state index contributed by atoms with van der Waals surface area (Å²) in [5.41, 5.74) is 1.14. The third-order valence-electron chi connectivity index (χ3n) is 4.50. The Balaban J connectivity index is 1.74. The van der Waals surface area contributed by atoms with Crippen molar-refractivity contribution in [2.45, 2.75) is 6.92 Å². The number of anilines is 1. The molecule has 2 aromatic carbocycles. The molecule has 0 bridgehead atoms. The Bertz CT molecular complexity index is 1220. The van der Waals surface area contributed by atoms with Gasteiger partial charge in [0, 0.05) is 0 Å². The van der Waals surface area contributed by atoms with Gasteiger partial charge in [0.15, 0.2) is 0 Å². The minimum Gasteiger partial charge on any atom is -0.478 e. The van der Waals surface area contributed by atoms with Crippen molar-refractivity contribution >= 4 is 63.8 Å². The van der Waals surface area contributed by atoms with Crippen molar-refractivity contribution in [2.24, 2.45) is 0 Å². The van der Waals surface area contributed by atoms with Gasteiger partial charge in [-0.25, -0.2) is 9.59 Å². The highest BCUT2D eigenvalue weighted by Gasteiger charge is 2.33. The van der Waals surface area contributed by atoms with Crippen LogP contribution in [-0.2, 0) is 9.59 Å². The van der Waals surface area contributed by atoms with Gasteiger partial charge in [0.25, 0.3) is 5.91 Å². The number of rotatable bonds is 7. The highest BCUT2D eigenvalue weighted by Crippen LogP contribution is 2.32. The molecule has 3 N–H and O–H groups in total. The first-order valence-corrected chi connectivity index (χ1v) is 10.8. The number of allylic oxidation sites excluding steroid dienone is 2. The molecule has 2 amide bonds. The summed E-state index contributed by atoms with van der Waals surface area (Å²) >= 11 is 6.30. The molecule has 0 saturated carbocycles. The Hall–Kier alpha value is -3.76. The number of aromatic carboxylic acids is 2. The number of carbonyl (C=O) groups excluding carboxylic acids is 2. The van der Waals surface area contributed by atoms with Crippen molar-refractivity contribution in [2.75, 3.05) is 11.9 Å². The molecule has 0 unspecified atom stereocenters. The molecule has 10 heteroatoms. The van der Waals surface area contributed by atoms with Gasteiger partial charge in [0.1, 0.15) is 10.9 Å². The number of carboxylic acid groups (broad SMARTS) is 2. The zero-order chi connectivity index (χ0) is 24.1. The first-order valence-electron chi connectivity index (χ1n) is 9.55. The molecule has 8 nitrogen and oxygen atoms in total. The summed E-state index contributed by atoms with van der Waals surface area (Å²) < 4.78 is 0.187. The molecular weight excluding hydrogens is 464 g/mol. The van der Waals surface area contributed by atoms with Crippen LogP contribution in [0.4, 0.5) is 5.69 Å². The van der Waals surface area contributed by atoms with Gasteiger partial charge >= 0.3 is 11.9 Å². The third kappa shape index (κ3) is 5.93. The number of hydrogen-bond donors (Lipinski definition) is 3. The van der Waals surface area contributed by atoms with E-state index in [1.54, 1.807) is 6.08 Å². The summed E-state index contributed by atoms with van der Waals surface area (Å²) in [7, 11) is 0. The number of hydrogen-bond acceptors (Lipinski definition) is 6.